The topological polar surface area (TPSA) is 25.8 Å². The molecule has 0 saturated heterocycles. The Bertz CT molecular complexity index is 695. The highest BCUT2D eigenvalue weighted by molar-refractivity contribution is 7.11. The molecular formula is C26H46N2S. The zero-order chi connectivity index (χ0) is 23.3. The van der Waals surface area contributed by atoms with Crippen LogP contribution in [0.3, 0.4) is 0 Å². The Kier molecular flexibility index (Phi) is 9.77. The molecule has 0 aliphatic rings. The molecule has 0 fully saturated rings. The van der Waals surface area contributed by atoms with Crippen LogP contribution in [0.25, 0.3) is 0 Å². The lowest BCUT2D eigenvalue weighted by molar-refractivity contribution is 0.469. The molecule has 2 rings (SSSR count). The van der Waals surface area contributed by atoms with Crippen LogP contribution in [0.15, 0.2) is 24.7 Å². The van der Waals surface area contributed by atoms with Crippen LogP contribution in [0, 0.1) is 12.3 Å². The van der Waals surface area contributed by atoms with Gasteiger partial charge in [0, 0.05) is 28.9 Å². The van der Waals surface area contributed by atoms with Crippen molar-refractivity contribution < 1.29 is 0 Å². The van der Waals surface area contributed by atoms with Crippen LogP contribution in [-0.4, -0.2) is 9.97 Å². The number of hydrogen-bond donors (Lipinski definition) is 0. The van der Waals surface area contributed by atoms with Gasteiger partial charge in [-0.1, -0.05) is 90.0 Å². The fourth-order valence-electron chi connectivity index (χ4n) is 2.28. The standard InChI is InChI=1S/C11H19NS.C10H15N.C5H12/c1-10(2,3)8-7-12-9(13-8)11(4,5)6;1-8-7-11-6-5-9(8)10(2,3)4;1-5(2,3)4/h7H,1-6H3;5-7H,1-4H3;1-4H3. The summed E-state index contributed by atoms with van der Waals surface area (Å²) in [5.41, 5.74) is 3.83. The molecule has 2 aromatic heterocycles. The third-order valence-corrected chi connectivity index (χ3v) is 5.56. The molecule has 29 heavy (non-hydrogen) atoms. The van der Waals surface area contributed by atoms with Gasteiger partial charge in [-0.15, -0.1) is 11.3 Å². The van der Waals surface area contributed by atoms with E-state index in [1.54, 1.807) is 0 Å². The van der Waals surface area contributed by atoms with Crippen LogP contribution in [0.2, 0.25) is 0 Å². The van der Waals surface area contributed by atoms with Crippen molar-refractivity contribution >= 4 is 11.3 Å². The molecule has 0 aliphatic heterocycles. The second-order valence-electron chi connectivity index (χ2n) is 12.5. The summed E-state index contributed by atoms with van der Waals surface area (Å²) in [5.74, 6) is 0. The number of aromatic nitrogens is 2. The van der Waals surface area contributed by atoms with Crippen molar-refractivity contribution in [1.29, 1.82) is 0 Å². The van der Waals surface area contributed by atoms with E-state index in [0.29, 0.717) is 5.41 Å². The van der Waals surface area contributed by atoms with Crippen molar-refractivity contribution in [3.8, 4) is 0 Å². The van der Waals surface area contributed by atoms with E-state index in [-0.39, 0.29) is 16.2 Å². The number of thiazole rings is 1. The molecule has 0 spiro atoms. The Morgan fingerprint density at radius 3 is 1.41 bits per heavy atom. The molecule has 0 amide bonds. The minimum atomic E-state index is 0.189. The Balaban J connectivity index is 0.000000445. The maximum Gasteiger partial charge on any atom is 0.0981 e. The minimum Gasteiger partial charge on any atom is -0.264 e. The molecule has 0 saturated carbocycles. The largest absolute Gasteiger partial charge is 0.264 e. The second-order valence-corrected chi connectivity index (χ2v) is 13.5. The number of hydrogen-bond acceptors (Lipinski definition) is 3. The maximum atomic E-state index is 4.47. The summed E-state index contributed by atoms with van der Waals surface area (Å²) in [5, 5.41) is 1.23. The highest BCUT2D eigenvalue weighted by Gasteiger charge is 2.22. The molecule has 2 nitrogen and oxygen atoms in total. The highest BCUT2D eigenvalue weighted by Crippen LogP contribution is 2.33. The van der Waals surface area contributed by atoms with Gasteiger partial charge in [-0.25, -0.2) is 4.98 Å². The smallest absolute Gasteiger partial charge is 0.0981 e. The number of pyridine rings is 1. The molecule has 2 aromatic rings. The van der Waals surface area contributed by atoms with Gasteiger partial charge in [-0.2, -0.15) is 0 Å². The molecule has 0 aliphatic carbocycles. The normalized spacial score (nSPS) is 12.5. The Morgan fingerprint density at radius 2 is 1.17 bits per heavy atom. The summed E-state index contributed by atoms with van der Waals surface area (Å²) < 4.78 is 0. The molecule has 3 heteroatoms. The first-order valence-electron chi connectivity index (χ1n) is 10.6. The van der Waals surface area contributed by atoms with Crippen LogP contribution in [0.5, 0.6) is 0 Å². The first-order valence-corrected chi connectivity index (χ1v) is 11.4. The van der Waals surface area contributed by atoms with Crippen LogP contribution in [0.4, 0.5) is 0 Å². The zero-order valence-corrected chi connectivity index (χ0v) is 22.4. The summed E-state index contributed by atoms with van der Waals surface area (Å²) in [6.07, 6.45) is 5.79. The minimum absolute atomic E-state index is 0.189. The van der Waals surface area contributed by atoms with Gasteiger partial charge < -0.3 is 0 Å². The van der Waals surface area contributed by atoms with E-state index in [4.69, 9.17) is 0 Å². The van der Waals surface area contributed by atoms with E-state index >= 15 is 0 Å². The van der Waals surface area contributed by atoms with Gasteiger partial charge in [0.1, 0.15) is 0 Å². The van der Waals surface area contributed by atoms with Gasteiger partial charge >= 0.3 is 0 Å². The van der Waals surface area contributed by atoms with Crippen molar-refractivity contribution in [1.82, 2.24) is 9.97 Å². The Labute approximate surface area is 185 Å². The maximum absolute atomic E-state index is 4.47. The van der Waals surface area contributed by atoms with E-state index in [1.165, 1.54) is 21.0 Å². The van der Waals surface area contributed by atoms with Crippen molar-refractivity contribution in [2.75, 3.05) is 0 Å². The molecule has 2 heterocycles. The molecule has 0 bridgehead atoms. The van der Waals surface area contributed by atoms with Crippen LogP contribution >= 0.6 is 11.3 Å². The summed E-state index contributed by atoms with van der Waals surface area (Å²) >= 11 is 1.84. The number of rotatable bonds is 0. The number of nitrogens with zero attached hydrogens (tertiary/aromatic N) is 2. The quantitative estimate of drug-likeness (QED) is 0.428. The SMILES string of the molecule is CC(C)(C)C.CC(C)(C)c1cnc(C(C)(C)C)s1.Cc1cnccc1C(C)(C)C. The molecule has 0 radical (unpaired) electrons. The van der Waals surface area contributed by atoms with Gasteiger partial charge in [0.05, 0.1) is 5.01 Å². The van der Waals surface area contributed by atoms with E-state index in [9.17, 15) is 0 Å². The van der Waals surface area contributed by atoms with Crippen molar-refractivity contribution in [3.63, 3.8) is 0 Å². The van der Waals surface area contributed by atoms with Crippen molar-refractivity contribution in [2.24, 2.45) is 5.41 Å². The third kappa shape index (κ3) is 12.2. The van der Waals surface area contributed by atoms with E-state index in [0.717, 1.165) is 0 Å². The van der Waals surface area contributed by atoms with Gasteiger partial charge in [0.15, 0.2) is 0 Å². The van der Waals surface area contributed by atoms with Crippen LogP contribution in [0.1, 0.15) is 111 Å². The number of aryl methyl sites for hydroxylation is 1. The molecular weight excluding hydrogens is 372 g/mol. The van der Waals surface area contributed by atoms with Crippen LogP contribution in [-0.2, 0) is 16.2 Å². The predicted molar refractivity (Wildman–Crippen MR) is 132 cm³/mol. The lowest BCUT2D eigenvalue weighted by atomic mass is 9.85. The van der Waals surface area contributed by atoms with Gasteiger partial charge in [0.2, 0.25) is 0 Å². The first kappa shape index (κ1) is 27.8. The summed E-state index contributed by atoms with van der Waals surface area (Å²) in [6, 6.07) is 2.09. The molecule has 0 aromatic carbocycles. The fourth-order valence-corrected chi connectivity index (χ4v) is 3.31. The van der Waals surface area contributed by atoms with E-state index in [2.05, 4.69) is 113 Å². The van der Waals surface area contributed by atoms with Gasteiger partial charge in [-0.05, 0) is 40.4 Å². The first-order chi connectivity index (χ1) is 12.7. The monoisotopic (exact) mass is 418 g/mol. The molecule has 0 N–H and O–H groups in total. The lowest BCUT2D eigenvalue weighted by Gasteiger charge is -2.20. The Morgan fingerprint density at radius 1 is 0.690 bits per heavy atom. The van der Waals surface area contributed by atoms with E-state index in [1.807, 2.05) is 29.9 Å². The van der Waals surface area contributed by atoms with Crippen LogP contribution < -0.4 is 0 Å². The van der Waals surface area contributed by atoms with Crippen molar-refractivity contribution in [2.45, 2.75) is 113 Å². The van der Waals surface area contributed by atoms with Gasteiger partial charge in [-0.3, -0.25) is 4.98 Å². The summed E-state index contributed by atoms with van der Waals surface area (Å²) in [7, 11) is 0. The third-order valence-electron chi connectivity index (χ3n) is 3.71. The van der Waals surface area contributed by atoms with E-state index < -0.39 is 0 Å². The predicted octanol–water partition coefficient (Wildman–Crippen LogP) is 8.48. The molecule has 166 valence electrons. The average Bonchev–Trinajstić information content (AvgIpc) is 2.95. The van der Waals surface area contributed by atoms with Crippen molar-refractivity contribution in [3.05, 3.63) is 45.7 Å². The van der Waals surface area contributed by atoms with Gasteiger partial charge in [0.25, 0.3) is 0 Å². The summed E-state index contributed by atoms with van der Waals surface area (Å²) in [6.45, 7) is 30.8. The Hall–Kier alpha value is -1.22. The average molecular weight is 419 g/mol. The highest BCUT2D eigenvalue weighted by atomic mass is 32.1. The molecule has 0 unspecified atom stereocenters. The molecule has 0 atom stereocenters. The lowest BCUT2D eigenvalue weighted by Crippen LogP contribution is -2.12. The second kappa shape index (κ2) is 10.2. The fraction of sp³-hybridized carbons (Fsp3) is 0.692. The summed E-state index contributed by atoms with van der Waals surface area (Å²) in [4.78, 5) is 9.90. The zero-order valence-electron chi connectivity index (χ0n) is 21.6.